The highest BCUT2D eigenvalue weighted by atomic mass is 79.9. The molecule has 0 bridgehead atoms. The average Bonchev–Trinajstić information content (AvgIpc) is 3.48. The number of carbonyl (C=O) groups is 2. The first kappa shape index (κ1) is 23.4. The minimum Gasteiger partial charge on any atom is -0.507 e. The van der Waals surface area contributed by atoms with Gasteiger partial charge in [-0.1, -0.05) is 22.0 Å². The van der Waals surface area contributed by atoms with Crippen LogP contribution in [-0.2, 0) is 9.59 Å². The number of Topliss-reactive ketones (excluding diaryl/α,β-unsaturated/α-hetero) is 1. The molecule has 2 aliphatic rings. The third-order valence-electron chi connectivity index (χ3n) is 6.68. The minimum atomic E-state index is -0.872. The van der Waals surface area contributed by atoms with Gasteiger partial charge in [0.25, 0.3) is 11.7 Å². The summed E-state index contributed by atoms with van der Waals surface area (Å²) >= 11 is 3.46. The Kier molecular flexibility index (Phi) is 6.25. The van der Waals surface area contributed by atoms with Crippen LogP contribution < -0.4 is 9.80 Å². The van der Waals surface area contributed by atoms with Gasteiger partial charge in [-0.2, -0.15) is 0 Å². The number of benzene rings is 2. The van der Waals surface area contributed by atoms with Gasteiger partial charge in [-0.25, -0.2) is 0 Å². The molecule has 0 radical (unpaired) electrons. The van der Waals surface area contributed by atoms with Crippen LogP contribution in [-0.4, -0.2) is 54.9 Å². The van der Waals surface area contributed by atoms with Crippen molar-refractivity contribution in [2.24, 2.45) is 0 Å². The molecule has 8 heteroatoms. The van der Waals surface area contributed by atoms with E-state index in [1.54, 1.807) is 30.3 Å². The van der Waals surface area contributed by atoms with Gasteiger partial charge in [0.1, 0.15) is 17.6 Å². The number of nitrogens with zero attached hydrogens (tertiary/aromatic N) is 3. The highest BCUT2D eigenvalue weighted by Gasteiger charge is 2.48. The van der Waals surface area contributed by atoms with Crippen LogP contribution in [0.15, 0.2) is 75.3 Å². The predicted octanol–water partition coefficient (Wildman–Crippen LogP) is 4.73. The third-order valence-corrected chi connectivity index (χ3v) is 7.57. The summed E-state index contributed by atoms with van der Waals surface area (Å²) in [5.41, 5.74) is 3.01. The SMILES string of the molecule is Cc1cc(/C(O)=C2/C(=O)C(=O)N(c3ccc(N4CCN(C)CC4)cc3)C2c2ccco2)ccc1Br. The summed E-state index contributed by atoms with van der Waals surface area (Å²) in [6.07, 6.45) is 1.50. The van der Waals surface area contributed by atoms with E-state index in [1.807, 2.05) is 31.2 Å². The molecule has 2 fully saturated rings. The molecule has 1 atom stereocenters. The number of aliphatic hydroxyl groups excluding tert-OH is 1. The number of aryl methyl sites for hydroxylation is 1. The lowest BCUT2D eigenvalue weighted by atomic mass is 9.98. The smallest absolute Gasteiger partial charge is 0.300 e. The van der Waals surface area contributed by atoms with Crippen LogP contribution in [0, 0.1) is 6.92 Å². The fourth-order valence-electron chi connectivity index (χ4n) is 4.65. The largest absolute Gasteiger partial charge is 0.507 e. The maximum absolute atomic E-state index is 13.3. The molecule has 1 N–H and O–H groups in total. The fourth-order valence-corrected chi connectivity index (χ4v) is 4.90. The van der Waals surface area contributed by atoms with Crippen molar-refractivity contribution in [3.63, 3.8) is 0 Å². The second-order valence-corrected chi connectivity index (χ2v) is 9.81. The average molecular weight is 536 g/mol. The maximum atomic E-state index is 13.3. The first-order chi connectivity index (χ1) is 16.8. The minimum absolute atomic E-state index is 0.00909. The number of ketones is 1. The van der Waals surface area contributed by atoms with E-state index in [9.17, 15) is 14.7 Å². The van der Waals surface area contributed by atoms with Crippen molar-refractivity contribution in [3.05, 3.63) is 87.8 Å². The number of hydrogen-bond acceptors (Lipinski definition) is 6. The van der Waals surface area contributed by atoms with Crippen LogP contribution in [0.25, 0.3) is 5.76 Å². The molecule has 1 unspecified atom stereocenters. The maximum Gasteiger partial charge on any atom is 0.300 e. The Bertz CT molecular complexity index is 1290. The van der Waals surface area contributed by atoms with Gasteiger partial charge >= 0.3 is 0 Å². The highest BCUT2D eigenvalue weighted by Crippen LogP contribution is 2.42. The Balaban J connectivity index is 1.55. The number of carbonyl (C=O) groups excluding carboxylic acids is 2. The predicted molar refractivity (Wildman–Crippen MR) is 139 cm³/mol. The molecule has 2 aliphatic heterocycles. The summed E-state index contributed by atoms with van der Waals surface area (Å²) in [6, 6.07) is 15.5. The van der Waals surface area contributed by atoms with E-state index in [-0.39, 0.29) is 11.3 Å². The second-order valence-electron chi connectivity index (χ2n) is 8.96. The topological polar surface area (TPSA) is 77.2 Å². The Morgan fingerprint density at radius 3 is 2.31 bits per heavy atom. The molecule has 1 amide bonds. The molecule has 0 aliphatic carbocycles. The number of rotatable bonds is 4. The molecule has 1 aromatic heterocycles. The monoisotopic (exact) mass is 535 g/mol. The van der Waals surface area contributed by atoms with Gasteiger partial charge in [0.05, 0.1) is 11.8 Å². The van der Waals surface area contributed by atoms with Gasteiger partial charge in [-0.3, -0.25) is 14.5 Å². The lowest BCUT2D eigenvalue weighted by molar-refractivity contribution is -0.132. The number of aliphatic hydroxyl groups is 1. The molecule has 180 valence electrons. The standard InChI is InChI=1S/C27H26BrN3O4/c1-17-16-18(5-10-21(17)28)25(32)23-24(22-4-3-15-35-22)31(27(34)26(23)33)20-8-6-19(7-9-20)30-13-11-29(2)12-14-30/h3-10,15-16,24,32H,11-14H2,1-2H3/b25-23-. The van der Waals surface area contributed by atoms with Gasteiger partial charge in [0, 0.05) is 47.6 Å². The number of halogens is 1. The zero-order valence-electron chi connectivity index (χ0n) is 19.6. The van der Waals surface area contributed by atoms with Crippen molar-refractivity contribution < 1.29 is 19.1 Å². The zero-order chi connectivity index (χ0) is 24.7. The van der Waals surface area contributed by atoms with E-state index in [2.05, 4.69) is 32.8 Å². The summed E-state index contributed by atoms with van der Waals surface area (Å²) in [5.74, 6) is -1.26. The van der Waals surface area contributed by atoms with Crippen LogP contribution >= 0.6 is 15.9 Å². The van der Waals surface area contributed by atoms with Gasteiger partial charge < -0.3 is 19.3 Å². The highest BCUT2D eigenvalue weighted by molar-refractivity contribution is 9.10. The molecule has 2 aromatic carbocycles. The lowest BCUT2D eigenvalue weighted by Crippen LogP contribution is -2.44. The number of amides is 1. The molecule has 0 spiro atoms. The van der Waals surface area contributed by atoms with Gasteiger partial charge in [-0.05, 0) is 68.1 Å². The van der Waals surface area contributed by atoms with Crippen LogP contribution in [0.5, 0.6) is 0 Å². The molecular formula is C27H26BrN3O4. The fraction of sp³-hybridized carbons (Fsp3) is 0.259. The number of anilines is 2. The third kappa shape index (κ3) is 4.28. The molecule has 3 aromatic rings. The molecule has 3 heterocycles. The van der Waals surface area contributed by atoms with Gasteiger partial charge in [-0.15, -0.1) is 0 Å². The van der Waals surface area contributed by atoms with E-state index in [0.717, 1.165) is 41.9 Å². The van der Waals surface area contributed by atoms with Crippen molar-refractivity contribution >= 4 is 44.8 Å². The summed E-state index contributed by atoms with van der Waals surface area (Å²) < 4.78 is 6.53. The van der Waals surface area contributed by atoms with E-state index in [0.29, 0.717) is 17.0 Å². The summed E-state index contributed by atoms with van der Waals surface area (Å²) in [6.45, 7) is 5.74. The second kappa shape index (κ2) is 9.36. The van der Waals surface area contributed by atoms with E-state index in [4.69, 9.17) is 4.42 Å². The van der Waals surface area contributed by atoms with Crippen LogP contribution in [0.2, 0.25) is 0 Å². The van der Waals surface area contributed by atoms with Gasteiger partial charge in [0.15, 0.2) is 0 Å². The number of likely N-dealkylation sites (N-methyl/N-ethyl adjacent to an activating group) is 1. The van der Waals surface area contributed by atoms with Crippen molar-refractivity contribution in [3.8, 4) is 0 Å². The quantitative estimate of drug-likeness (QED) is 0.295. The summed E-state index contributed by atoms with van der Waals surface area (Å²) in [7, 11) is 2.11. The molecule has 2 saturated heterocycles. The van der Waals surface area contributed by atoms with Crippen LogP contribution in [0.4, 0.5) is 11.4 Å². The number of piperazine rings is 1. The molecule has 7 nitrogen and oxygen atoms in total. The lowest BCUT2D eigenvalue weighted by Gasteiger charge is -2.34. The van der Waals surface area contributed by atoms with Crippen molar-refractivity contribution in [1.82, 2.24) is 4.90 Å². The Morgan fingerprint density at radius 1 is 1.00 bits per heavy atom. The van der Waals surface area contributed by atoms with E-state index < -0.39 is 17.7 Å². The summed E-state index contributed by atoms with van der Waals surface area (Å²) in [5, 5.41) is 11.2. The van der Waals surface area contributed by atoms with E-state index >= 15 is 0 Å². The first-order valence-corrected chi connectivity index (χ1v) is 12.3. The van der Waals surface area contributed by atoms with Crippen molar-refractivity contribution in [2.45, 2.75) is 13.0 Å². The van der Waals surface area contributed by atoms with Crippen molar-refractivity contribution in [1.29, 1.82) is 0 Å². The first-order valence-electron chi connectivity index (χ1n) is 11.5. The normalized spacial score (nSPS) is 20.6. The van der Waals surface area contributed by atoms with Crippen molar-refractivity contribution in [2.75, 3.05) is 43.0 Å². The Labute approximate surface area is 212 Å². The van der Waals surface area contributed by atoms with Crippen LogP contribution in [0.3, 0.4) is 0 Å². The zero-order valence-corrected chi connectivity index (χ0v) is 21.2. The number of hydrogen-bond donors (Lipinski definition) is 1. The van der Waals surface area contributed by atoms with Crippen LogP contribution in [0.1, 0.15) is 22.9 Å². The van der Waals surface area contributed by atoms with Gasteiger partial charge in [0.2, 0.25) is 0 Å². The Morgan fingerprint density at radius 2 is 1.69 bits per heavy atom. The Hall–Kier alpha value is -3.36. The molecule has 5 rings (SSSR count). The summed E-state index contributed by atoms with van der Waals surface area (Å²) in [4.78, 5) is 32.5. The molecule has 0 saturated carbocycles. The number of furan rings is 1. The van der Waals surface area contributed by atoms with E-state index in [1.165, 1.54) is 11.2 Å². The molecular weight excluding hydrogens is 510 g/mol. The molecule has 35 heavy (non-hydrogen) atoms.